The van der Waals surface area contributed by atoms with Crippen LogP contribution in [-0.4, -0.2) is 50.8 Å². The molecule has 1 fully saturated rings. The highest BCUT2D eigenvalue weighted by Crippen LogP contribution is 2.22. The number of nitrogens with zero attached hydrogens (tertiary/aromatic N) is 3. The maximum atomic E-state index is 12.9. The van der Waals surface area contributed by atoms with Crippen LogP contribution in [0.15, 0.2) is 24.3 Å². The summed E-state index contributed by atoms with van der Waals surface area (Å²) in [5, 5.41) is 0. The average molecular weight is 340 g/mol. The smallest absolute Gasteiger partial charge is 0.282 e. The van der Waals surface area contributed by atoms with Gasteiger partial charge >= 0.3 is 0 Å². The second-order valence-electron chi connectivity index (χ2n) is 6.60. The average Bonchev–Trinajstić information content (AvgIpc) is 2.52. The minimum atomic E-state index is -3.38. The molecule has 23 heavy (non-hydrogen) atoms. The minimum Gasteiger partial charge on any atom is -0.378 e. The number of rotatable bonds is 6. The normalized spacial score (nSPS) is 20.0. The molecule has 1 aliphatic heterocycles. The summed E-state index contributed by atoms with van der Waals surface area (Å²) in [7, 11) is 0.615. The molecular weight excluding hydrogens is 310 g/mol. The standard InChI is InChI=1S/C17H29N3O2S/c1-5-19(14-16-8-10-17(11-9-16)18(3)4)23(21,22)20-12-6-7-15(2)13-20/h8-11,15H,5-7,12-14H2,1-4H3. The third kappa shape index (κ3) is 4.46. The molecule has 1 aliphatic rings. The molecule has 1 aromatic rings. The van der Waals surface area contributed by atoms with Crippen LogP contribution < -0.4 is 4.90 Å². The fourth-order valence-corrected chi connectivity index (χ4v) is 4.75. The van der Waals surface area contributed by atoms with Gasteiger partial charge < -0.3 is 4.90 Å². The monoisotopic (exact) mass is 339 g/mol. The van der Waals surface area contributed by atoms with E-state index in [9.17, 15) is 8.42 Å². The van der Waals surface area contributed by atoms with E-state index in [0.29, 0.717) is 32.1 Å². The fourth-order valence-electron chi connectivity index (χ4n) is 2.98. The lowest BCUT2D eigenvalue weighted by Gasteiger charge is -2.34. The summed E-state index contributed by atoms with van der Waals surface area (Å²) in [5.41, 5.74) is 2.13. The van der Waals surface area contributed by atoms with Crippen molar-refractivity contribution in [1.29, 1.82) is 0 Å². The Bertz CT molecular complexity index is 599. The molecule has 0 spiro atoms. The van der Waals surface area contributed by atoms with E-state index in [0.717, 1.165) is 24.1 Å². The van der Waals surface area contributed by atoms with Gasteiger partial charge in [0.25, 0.3) is 10.2 Å². The van der Waals surface area contributed by atoms with E-state index >= 15 is 0 Å². The highest BCUT2D eigenvalue weighted by molar-refractivity contribution is 7.86. The van der Waals surface area contributed by atoms with Gasteiger partial charge in [-0.2, -0.15) is 17.0 Å². The second kappa shape index (κ2) is 7.64. The first-order chi connectivity index (χ1) is 10.8. The third-order valence-corrected chi connectivity index (χ3v) is 6.46. The zero-order chi connectivity index (χ0) is 17.0. The van der Waals surface area contributed by atoms with Crippen molar-refractivity contribution in [2.45, 2.75) is 33.2 Å². The fraction of sp³-hybridized carbons (Fsp3) is 0.647. The van der Waals surface area contributed by atoms with Gasteiger partial charge in [-0.1, -0.05) is 26.0 Å². The molecular formula is C17H29N3O2S. The van der Waals surface area contributed by atoms with Crippen LogP contribution in [0.4, 0.5) is 5.69 Å². The predicted molar refractivity (Wildman–Crippen MR) is 95.7 cm³/mol. The molecule has 1 unspecified atom stereocenters. The van der Waals surface area contributed by atoms with Gasteiger partial charge in [0.2, 0.25) is 0 Å². The van der Waals surface area contributed by atoms with E-state index in [1.165, 1.54) is 0 Å². The van der Waals surface area contributed by atoms with Crippen LogP contribution in [0.25, 0.3) is 0 Å². The van der Waals surface area contributed by atoms with E-state index < -0.39 is 10.2 Å². The van der Waals surface area contributed by atoms with Crippen molar-refractivity contribution in [3.05, 3.63) is 29.8 Å². The van der Waals surface area contributed by atoms with Crippen molar-refractivity contribution in [1.82, 2.24) is 8.61 Å². The summed E-state index contributed by atoms with van der Waals surface area (Å²) in [4.78, 5) is 2.03. The van der Waals surface area contributed by atoms with Crippen LogP contribution in [0.1, 0.15) is 32.3 Å². The molecule has 1 aromatic carbocycles. The topological polar surface area (TPSA) is 43.9 Å². The largest absolute Gasteiger partial charge is 0.378 e. The molecule has 1 heterocycles. The Balaban J connectivity index is 2.11. The lowest BCUT2D eigenvalue weighted by molar-refractivity contribution is 0.257. The van der Waals surface area contributed by atoms with E-state index in [1.807, 2.05) is 50.2 Å². The molecule has 0 saturated carbocycles. The van der Waals surface area contributed by atoms with Gasteiger partial charge in [-0.15, -0.1) is 0 Å². The van der Waals surface area contributed by atoms with Crippen LogP contribution in [-0.2, 0) is 16.8 Å². The summed E-state index contributed by atoms with van der Waals surface area (Å²) >= 11 is 0. The number of anilines is 1. The Morgan fingerprint density at radius 2 is 1.87 bits per heavy atom. The number of hydrogen-bond donors (Lipinski definition) is 0. The Labute approximate surface area is 141 Å². The molecule has 0 aromatic heterocycles. The minimum absolute atomic E-state index is 0.428. The van der Waals surface area contributed by atoms with Gasteiger partial charge in [0.1, 0.15) is 0 Å². The molecule has 2 rings (SSSR count). The van der Waals surface area contributed by atoms with E-state index in [4.69, 9.17) is 0 Å². The van der Waals surface area contributed by atoms with Gasteiger partial charge in [-0.25, -0.2) is 0 Å². The maximum absolute atomic E-state index is 12.9. The third-order valence-electron chi connectivity index (χ3n) is 4.44. The van der Waals surface area contributed by atoms with Crippen molar-refractivity contribution in [2.24, 2.45) is 5.92 Å². The van der Waals surface area contributed by atoms with Crippen molar-refractivity contribution in [3.63, 3.8) is 0 Å². The quantitative estimate of drug-likeness (QED) is 0.800. The number of benzene rings is 1. The summed E-state index contributed by atoms with van der Waals surface area (Å²) in [6, 6.07) is 8.07. The SMILES string of the molecule is CCN(Cc1ccc(N(C)C)cc1)S(=O)(=O)N1CCCC(C)C1. The zero-order valence-electron chi connectivity index (χ0n) is 14.7. The lowest BCUT2D eigenvalue weighted by Crippen LogP contribution is -2.47. The first kappa shape index (κ1) is 18.2. The van der Waals surface area contributed by atoms with Crippen molar-refractivity contribution in [3.8, 4) is 0 Å². The Morgan fingerprint density at radius 3 is 2.39 bits per heavy atom. The summed E-state index contributed by atoms with van der Waals surface area (Å²) < 4.78 is 29.0. The Hall–Kier alpha value is -1.11. The van der Waals surface area contributed by atoms with E-state index in [-0.39, 0.29) is 0 Å². The molecule has 5 nitrogen and oxygen atoms in total. The van der Waals surface area contributed by atoms with Crippen LogP contribution in [0.3, 0.4) is 0 Å². The van der Waals surface area contributed by atoms with Crippen LogP contribution in [0, 0.1) is 5.92 Å². The summed E-state index contributed by atoms with van der Waals surface area (Å²) in [6.45, 7) is 6.22. The van der Waals surface area contributed by atoms with Gasteiger partial charge in [0.05, 0.1) is 0 Å². The Morgan fingerprint density at radius 1 is 1.22 bits per heavy atom. The summed E-state index contributed by atoms with van der Waals surface area (Å²) in [5.74, 6) is 0.441. The molecule has 0 aliphatic carbocycles. The van der Waals surface area contributed by atoms with E-state index in [1.54, 1.807) is 8.61 Å². The van der Waals surface area contributed by atoms with Crippen LogP contribution in [0.5, 0.6) is 0 Å². The van der Waals surface area contributed by atoms with Gasteiger partial charge in [-0.05, 0) is 36.5 Å². The Kier molecular flexibility index (Phi) is 6.06. The van der Waals surface area contributed by atoms with Crippen molar-refractivity contribution >= 4 is 15.9 Å². The second-order valence-corrected chi connectivity index (χ2v) is 8.53. The molecule has 1 atom stereocenters. The molecule has 1 saturated heterocycles. The van der Waals surface area contributed by atoms with Crippen molar-refractivity contribution < 1.29 is 8.42 Å². The molecule has 0 N–H and O–H groups in total. The zero-order valence-corrected chi connectivity index (χ0v) is 15.5. The number of hydrogen-bond acceptors (Lipinski definition) is 3. The summed E-state index contributed by atoms with van der Waals surface area (Å²) in [6.07, 6.45) is 2.07. The first-order valence-electron chi connectivity index (χ1n) is 8.36. The van der Waals surface area contributed by atoms with Gasteiger partial charge in [-0.3, -0.25) is 0 Å². The van der Waals surface area contributed by atoms with E-state index in [2.05, 4.69) is 6.92 Å². The van der Waals surface area contributed by atoms with Gasteiger partial charge in [0.15, 0.2) is 0 Å². The molecule has 0 amide bonds. The molecule has 0 bridgehead atoms. The molecule has 130 valence electrons. The maximum Gasteiger partial charge on any atom is 0.282 e. The highest BCUT2D eigenvalue weighted by atomic mass is 32.2. The van der Waals surface area contributed by atoms with Gasteiger partial charge in [0, 0.05) is 46.0 Å². The predicted octanol–water partition coefficient (Wildman–Crippen LogP) is 2.55. The number of piperidine rings is 1. The first-order valence-corrected chi connectivity index (χ1v) is 9.75. The van der Waals surface area contributed by atoms with Crippen LogP contribution in [0.2, 0.25) is 0 Å². The molecule has 6 heteroatoms. The highest BCUT2D eigenvalue weighted by Gasteiger charge is 2.31. The van der Waals surface area contributed by atoms with Crippen molar-refractivity contribution in [2.75, 3.05) is 38.6 Å². The molecule has 0 radical (unpaired) electrons. The van der Waals surface area contributed by atoms with Crippen LogP contribution >= 0.6 is 0 Å². The lowest BCUT2D eigenvalue weighted by atomic mass is 10.0.